The highest BCUT2D eigenvalue weighted by atomic mass is 32.2. The van der Waals surface area contributed by atoms with Gasteiger partial charge in [0.05, 0.1) is 12.6 Å². The summed E-state index contributed by atoms with van der Waals surface area (Å²) in [5.41, 5.74) is 3.66. The van der Waals surface area contributed by atoms with Crippen LogP contribution in [0.15, 0.2) is 59.6 Å². The van der Waals surface area contributed by atoms with Gasteiger partial charge in [-0.2, -0.15) is 0 Å². The summed E-state index contributed by atoms with van der Waals surface area (Å²) in [4.78, 5) is 7.11. The van der Waals surface area contributed by atoms with Crippen LogP contribution in [0.5, 0.6) is 0 Å². The fourth-order valence-electron chi connectivity index (χ4n) is 3.67. The predicted octanol–water partition coefficient (Wildman–Crippen LogP) is 3.85. The molecular formula is C24H34N4OS. The first-order valence-corrected chi connectivity index (χ1v) is 12.4. The largest absolute Gasteiger partial charge is 0.372 e. The quantitative estimate of drug-likeness (QED) is 0.472. The summed E-state index contributed by atoms with van der Waals surface area (Å²) in [6, 6.07) is 18.9. The molecule has 5 nitrogen and oxygen atoms in total. The first kappa shape index (κ1) is 22.3. The van der Waals surface area contributed by atoms with Crippen LogP contribution in [0.2, 0.25) is 0 Å². The molecule has 1 heterocycles. The molecule has 2 unspecified atom stereocenters. The van der Waals surface area contributed by atoms with Gasteiger partial charge in [-0.3, -0.25) is 9.20 Å². The maximum absolute atomic E-state index is 12.4. The highest BCUT2D eigenvalue weighted by Crippen LogP contribution is 2.23. The van der Waals surface area contributed by atoms with E-state index in [4.69, 9.17) is 0 Å². The van der Waals surface area contributed by atoms with Gasteiger partial charge < -0.3 is 15.5 Å². The molecule has 2 aromatic rings. The lowest BCUT2D eigenvalue weighted by molar-refractivity contribution is 0.679. The van der Waals surface area contributed by atoms with E-state index in [1.54, 1.807) is 0 Å². The third-order valence-corrected chi connectivity index (χ3v) is 6.59. The summed E-state index contributed by atoms with van der Waals surface area (Å²) in [5.74, 6) is 1.91. The average Bonchev–Trinajstić information content (AvgIpc) is 3.30. The molecule has 0 saturated carbocycles. The van der Waals surface area contributed by atoms with Gasteiger partial charge in [-0.1, -0.05) is 42.5 Å². The minimum Gasteiger partial charge on any atom is -0.372 e. The molecule has 0 aromatic heterocycles. The summed E-state index contributed by atoms with van der Waals surface area (Å²) >= 11 is 0. The molecule has 6 heteroatoms. The fourth-order valence-corrected chi connectivity index (χ4v) is 4.67. The molecular weight excluding hydrogens is 392 g/mol. The molecule has 2 atom stereocenters. The van der Waals surface area contributed by atoms with Gasteiger partial charge in [-0.15, -0.1) is 0 Å². The summed E-state index contributed by atoms with van der Waals surface area (Å²) in [7, 11) is -0.913. The van der Waals surface area contributed by atoms with Crippen LogP contribution in [0.25, 0.3) is 0 Å². The van der Waals surface area contributed by atoms with E-state index in [2.05, 4.69) is 58.6 Å². The number of nitrogens with one attached hydrogen (secondary N) is 2. The Bertz CT molecular complexity index is 834. The van der Waals surface area contributed by atoms with E-state index in [1.165, 1.54) is 24.1 Å². The third-order valence-electron chi connectivity index (χ3n) is 5.30. The monoisotopic (exact) mass is 426 g/mol. The first-order valence-electron chi connectivity index (χ1n) is 10.9. The Morgan fingerprint density at radius 2 is 1.90 bits per heavy atom. The Hall–Kier alpha value is -2.34. The van der Waals surface area contributed by atoms with Crippen molar-refractivity contribution in [1.29, 1.82) is 0 Å². The van der Waals surface area contributed by atoms with Crippen molar-refractivity contribution in [2.45, 2.75) is 38.5 Å². The number of hydrogen-bond acceptors (Lipinski definition) is 3. The number of anilines is 1. The van der Waals surface area contributed by atoms with Gasteiger partial charge in [0.15, 0.2) is 5.96 Å². The van der Waals surface area contributed by atoms with E-state index in [1.807, 2.05) is 30.3 Å². The molecule has 1 fully saturated rings. The van der Waals surface area contributed by atoms with Crippen molar-refractivity contribution < 1.29 is 4.21 Å². The predicted molar refractivity (Wildman–Crippen MR) is 129 cm³/mol. The minimum atomic E-state index is -0.913. The molecule has 2 N–H and O–H groups in total. The molecule has 1 aliphatic rings. The van der Waals surface area contributed by atoms with E-state index in [0.717, 1.165) is 31.2 Å². The van der Waals surface area contributed by atoms with Crippen LogP contribution in [0.1, 0.15) is 43.9 Å². The Kier molecular flexibility index (Phi) is 8.75. The van der Waals surface area contributed by atoms with Gasteiger partial charge in [-0.25, -0.2) is 0 Å². The van der Waals surface area contributed by atoms with Crippen molar-refractivity contribution in [3.8, 4) is 0 Å². The minimum absolute atomic E-state index is 0.139. The lowest BCUT2D eigenvalue weighted by Gasteiger charge is -2.22. The number of nitrogens with zero attached hydrogens (tertiary/aromatic N) is 2. The first-order chi connectivity index (χ1) is 14.7. The van der Waals surface area contributed by atoms with Crippen molar-refractivity contribution in [2.75, 3.05) is 36.8 Å². The van der Waals surface area contributed by atoms with Crippen LogP contribution in [-0.2, 0) is 16.6 Å². The topological polar surface area (TPSA) is 56.7 Å². The lowest BCUT2D eigenvalue weighted by atomic mass is 10.1. The molecule has 2 aromatic carbocycles. The third kappa shape index (κ3) is 6.87. The zero-order chi connectivity index (χ0) is 21.2. The molecule has 3 rings (SSSR count). The number of rotatable bonds is 9. The number of guanidine groups is 1. The molecule has 1 aliphatic heterocycles. The van der Waals surface area contributed by atoms with E-state index in [-0.39, 0.29) is 6.04 Å². The number of aliphatic imine (C=N–C) groups is 1. The van der Waals surface area contributed by atoms with E-state index < -0.39 is 10.8 Å². The van der Waals surface area contributed by atoms with Crippen LogP contribution in [0.4, 0.5) is 5.69 Å². The maximum atomic E-state index is 12.4. The highest BCUT2D eigenvalue weighted by molar-refractivity contribution is 7.84. The van der Waals surface area contributed by atoms with Crippen molar-refractivity contribution in [3.05, 3.63) is 65.7 Å². The SMILES string of the molecule is CCNC(=NCCS(=O)Cc1ccccc1)NC(C)c1cccc(N2CCCC2)c1. The van der Waals surface area contributed by atoms with Gasteiger partial charge >= 0.3 is 0 Å². The second-order valence-corrected chi connectivity index (χ2v) is 9.27. The molecule has 0 bridgehead atoms. The van der Waals surface area contributed by atoms with Gasteiger partial charge in [-0.05, 0) is 49.9 Å². The second kappa shape index (κ2) is 11.7. The average molecular weight is 427 g/mol. The fraction of sp³-hybridized carbons (Fsp3) is 0.458. The van der Waals surface area contributed by atoms with Crippen LogP contribution in [0.3, 0.4) is 0 Å². The van der Waals surface area contributed by atoms with Gasteiger partial charge in [0.25, 0.3) is 0 Å². The maximum Gasteiger partial charge on any atom is 0.191 e. The standard InChI is InChI=1S/C24H34N4OS/c1-3-25-24(26-14-17-30(29)19-21-10-5-4-6-11-21)27-20(2)22-12-9-13-23(18-22)28-15-7-8-16-28/h4-6,9-13,18,20H,3,7-8,14-17,19H2,1-2H3,(H2,25,26,27). The van der Waals surface area contributed by atoms with Crippen molar-refractivity contribution in [2.24, 2.45) is 4.99 Å². The number of hydrogen-bond donors (Lipinski definition) is 2. The number of benzene rings is 2. The smallest absolute Gasteiger partial charge is 0.191 e. The summed E-state index contributed by atoms with van der Waals surface area (Å²) in [6.45, 7) is 7.84. The lowest BCUT2D eigenvalue weighted by Crippen LogP contribution is -2.39. The normalized spacial score (nSPS) is 16.3. The van der Waals surface area contributed by atoms with Crippen LogP contribution in [-0.4, -0.2) is 42.1 Å². The Morgan fingerprint density at radius 3 is 2.63 bits per heavy atom. The molecule has 30 heavy (non-hydrogen) atoms. The van der Waals surface area contributed by atoms with E-state index in [0.29, 0.717) is 18.1 Å². The molecule has 0 spiro atoms. The van der Waals surface area contributed by atoms with Crippen molar-refractivity contribution in [1.82, 2.24) is 10.6 Å². The van der Waals surface area contributed by atoms with Crippen LogP contribution >= 0.6 is 0 Å². The second-order valence-electron chi connectivity index (χ2n) is 7.69. The Balaban J connectivity index is 1.55. The van der Waals surface area contributed by atoms with Crippen LogP contribution < -0.4 is 15.5 Å². The zero-order valence-electron chi connectivity index (χ0n) is 18.1. The van der Waals surface area contributed by atoms with Crippen LogP contribution in [0, 0.1) is 0 Å². The Labute approximate surface area is 183 Å². The summed E-state index contributed by atoms with van der Waals surface area (Å²) < 4.78 is 12.4. The molecule has 1 saturated heterocycles. The van der Waals surface area contributed by atoms with Crippen molar-refractivity contribution >= 4 is 22.4 Å². The van der Waals surface area contributed by atoms with Gasteiger partial charge in [0.1, 0.15) is 0 Å². The Morgan fingerprint density at radius 1 is 1.13 bits per heavy atom. The van der Waals surface area contributed by atoms with E-state index in [9.17, 15) is 4.21 Å². The summed E-state index contributed by atoms with van der Waals surface area (Å²) in [6.07, 6.45) is 2.56. The van der Waals surface area contributed by atoms with Crippen molar-refractivity contribution in [3.63, 3.8) is 0 Å². The van der Waals surface area contributed by atoms with E-state index >= 15 is 0 Å². The van der Waals surface area contributed by atoms with Gasteiger partial charge in [0.2, 0.25) is 0 Å². The molecule has 162 valence electrons. The summed E-state index contributed by atoms with van der Waals surface area (Å²) in [5, 5.41) is 6.80. The molecule has 0 radical (unpaired) electrons. The molecule has 0 aliphatic carbocycles. The van der Waals surface area contributed by atoms with Gasteiger partial charge in [0, 0.05) is 47.6 Å². The zero-order valence-corrected chi connectivity index (χ0v) is 19.0. The molecule has 0 amide bonds. The highest BCUT2D eigenvalue weighted by Gasteiger charge is 2.14.